The summed E-state index contributed by atoms with van der Waals surface area (Å²) in [4.78, 5) is 17.1. The number of phenolic OH excluding ortho intramolecular Hbond substituents is 1. The second-order valence-electron chi connectivity index (χ2n) is 7.45. The molecule has 0 saturated heterocycles. The molecule has 5 nitrogen and oxygen atoms in total. The molecule has 0 aliphatic heterocycles. The van der Waals surface area contributed by atoms with Crippen molar-refractivity contribution in [2.24, 2.45) is 0 Å². The Morgan fingerprint density at radius 1 is 1.12 bits per heavy atom. The van der Waals surface area contributed by atoms with Crippen LogP contribution in [0.3, 0.4) is 0 Å². The van der Waals surface area contributed by atoms with Gasteiger partial charge in [0.25, 0.3) is 0 Å². The van der Waals surface area contributed by atoms with Gasteiger partial charge >= 0.3 is 0 Å². The van der Waals surface area contributed by atoms with Crippen LogP contribution in [0.25, 0.3) is 0 Å². The van der Waals surface area contributed by atoms with Gasteiger partial charge in [-0.05, 0) is 63.1 Å². The molecule has 0 atom stereocenters. The highest BCUT2D eigenvalue weighted by Crippen LogP contribution is 2.28. The monoisotopic (exact) mass is 346 g/mol. The molecule has 0 radical (unpaired) electrons. The Balaban J connectivity index is 1.70. The summed E-state index contributed by atoms with van der Waals surface area (Å²) in [7, 11) is 0. The zero-order valence-electron chi connectivity index (χ0n) is 15.1. The summed E-state index contributed by atoms with van der Waals surface area (Å²) < 4.78 is 0. The topological polar surface area (TPSA) is 64.0 Å². The molecule has 1 aromatic carbocycles. The van der Waals surface area contributed by atoms with Gasteiger partial charge in [0.2, 0.25) is 5.91 Å². The first-order chi connectivity index (χ1) is 12.1. The number of nitrogens with zero attached hydrogens (tertiary/aromatic N) is 2. The standard InChI is InChI=1S/C20H30N2O3/c1-2-22(17-6-7-17)20(25)14-21(16-8-10-18(23)11-9-16)13-15-4-3-5-19(24)12-15/h3-5,12,16-18,23-24H,2,6-11,13-14H2,1H3. The van der Waals surface area contributed by atoms with Crippen molar-refractivity contribution in [3.63, 3.8) is 0 Å². The summed E-state index contributed by atoms with van der Waals surface area (Å²) in [6, 6.07) is 8.03. The molecule has 2 N–H and O–H groups in total. The lowest BCUT2D eigenvalue weighted by Gasteiger charge is -2.36. The van der Waals surface area contributed by atoms with Crippen LogP contribution in [0, 0.1) is 0 Å². The third-order valence-corrected chi connectivity index (χ3v) is 5.47. The molecule has 0 spiro atoms. The Morgan fingerprint density at radius 2 is 1.80 bits per heavy atom. The van der Waals surface area contributed by atoms with Crippen LogP contribution in [0.4, 0.5) is 0 Å². The van der Waals surface area contributed by atoms with Crippen LogP contribution in [0.1, 0.15) is 51.0 Å². The van der Waals surface area contributed by atoms with Crippen molar-refractivity contribution in [1.29, 1.82) is 0 Å². The average molecular weight is 346 g/mol. The molecule has 0 unspecified atom stereocenters. The van der Waals surface area contributed by atoms with E-state index in [0.717, 1.165) is 50.6 Å². The van der Waals surface area contributed by atoms with Crippen LogP contribution in [0.5, 0.6) is 5.75 Å². The number of carbonyl (C=O) groups excluding carboxylic acids is 1. The molecule has 0 aromatic heterocycles. The SMILES string of the molecule is CCN(C(=O)CN(Cc1cccc(O)c1)C1CCC(O)CC1)C1CC1. The lowest BCUT2D eigenvalue weighted by molar-refractivity contribution is -0.133. The molecule has 2 fully saturated rings. The van der Waals surface area contributed by atoms with Crippen molar-refractivity contribution >= 4 is 5.91 Å². The Morgan fingerprint density at radius 3 is 2.40 bits per heavy atom. The van der Waals surface area contributed by atoms with E-state index in [9.17, 15) is 15.0 Å². The van der Waals surface area contributed by atoms with Crippen LogP contribution < -0.4 is 0 Å². The van der Waals surface area contributed by atoms with E-state index in [1.165, 1.54) is 0 Å². The third kappa shape index (κ3) is 4.95. The molecule has 2 saturated carbocycles. The van der Waals surface area contributed by atoms with Gasteiger partial charge in [-0.1, -0.05) is 12.1 Å². The van der Waals surface area contributed by atoms with E-state index in [1.54, 1.807) is 12.1 Å². The Labute approximate surface area is 150 Å². The molecule has 2 aliphatic rings. The van der Waals surface area contributed by atoms with E-state index in [4.69, 9.17) is 0 Å². The minimum Gasteiger partial charge on any atom is -0.508 e. The number of amides is 1. The smallest absolute Gasteiger partial charge is 0.237 e. The fourth-order valence-corrected chi connectivity index (χ4v) is 3.92. The fourth-order valence-electron chi connectivity index (χ4n) is 3.92. The van der Waals surface area contributed by atoms with E-state index >= 15 is 0 Å². The van der Waals surface area contributed by atoms with Crippen molar-refractivity contribution in [3.05, 3.63) is 29.8 Å². The van der Waals surface area contributed by atoms with Crippen molar-refractivity contribution in [1.82, 2.24) is 9.80 Å². The highest BCUT2D eigenvalue weighted by atomic mass is 16.3. The van der Waals surface area contributed by atoms with E-state index in [-0.39, 0.29) is 17.8 Å². The maximum absolute atomic E-state index is 12.8. The van der Waals surface area contributed by atoms with E-state index in [1.807, 2.05) is 24.0 Å². The summed E-state index contributed by atoms with van der Waals surface area (Å²) in [6.07, 6.45) is 5.49. The number of hydrogen-bond acceptors (Lipinski definition) is 4. The zero-order chi connectivity index (χ0) is 17.8. The Hall–Kier alpha value is -1.59. The summed E-state index contributed by atoms with van der Waals surface area (Å²) in [6.45, 7) is 3.89. The predicted molar refractivity (Wildman–Crippen MR) is 97.2 cm³/mol. The molecule has 2 aliphatic carbocycles. The van der Waals surface area contributed by atoms with Crippen LogP contribution in [0.15, 0.2) is 24.3 Å². The molecule has 138 valence electrons. The number of carbonyl (C=O) groups is 1. The molecule has 3 rings (SSSR count). The first-order valence-electron chi connectivity index (χ1n) is 9.56. The van der Waals surface area contributed by atoms with Crippen molar-refractivity contribution in [3.8, 4) is 5.75 Å². The lowest BCUT2D eigenvalue weighted by atomic mass is 9.91. The van der Waals surface area contributed by atoms with Gasteiger partial charge in [-0.2, -0.15) is 0 Å². The summed E-state index contributed by atoms with van der Waals surface area (Å²) in [5.74, 6) is 0.465. The van der Waals surface area contributed by atoms with Crippen LogP contribution >= 0.6 is 0 Å². The summed E-state index contributed by atoms with van der Waals surface area (Å²) in [5, 5.41) is 19.5. The van der Waals surface area contributed by atoms with Gasteiger partial charge in [-0.25, -0.2) is 0 Å². The minimum absolute atomic E-state index is 0.201. The number of aliphatic hydroxyl groups is 1. The number of benzene rings is 1. The van der Waals surface area contributed by atoms with Gasteiger partial charge < -0.3 is 15.1 Å². The number of rotatable bonds is 7. The largest absolute Gasteiger partial charge is 0.508 e. The first kappa shape index (κ1) is 18.2. The molecule has 25 heavy (non-hydrogen) atoms. The van der Waals surface area contributed by atoms with Gasteiger partial charge in [0.1, 0.15) is 5.75 Å². The molecule has 0 heterocycles. The quantitative estimate of drug-likeness (QED) is 0.796. The summed E-state index contributed by atoms with van der Waals surface area (Å²) >= 11 is 0. The molecule has 5 heteroatoms. The second-order valence-corrected chi connectivity index (χ2v) is 7.45. The van der Waals surface area contributed by atoms with Gasteiger partial charge in [-0.15, -0.1) is 0 Å². The van der Waals surface area contributed by atoms with Gasteiger partial charge in [-0.3, -0.25) is 9.69 Å². The minimum atomic E-state index is -0.201. The number of likely N-dealkylation sites (N-methyl/N-ethyl adjacent to an activating group) is 1. The van der Waals surface area contributed by atoms with Crippen molar-refractivity contribution in [2.75, 3.05) is 13.1 Å². The van der Waals surface area contributed by atoms with Crippen LogP contribution in [-0.4, -0.2) is 57.2 Å². The van der Waals surface area contributed by atoms with Gasteiger partial charge in [0.15, 0.2) is 0 Å². The van der Waals surface area contributed by atoms with Gasteiger partial charge in [0.05, 0.1) is 12.6 Å². The van der Waals surface area contributed by atoms with E-state index in [0.29, 0.717) is 25.2 Å². The maximum atomic E-state index is 12.8. The lowest BCUT2D eigenvalue weighted by Crippen LogP contribution is -2.46. The number of hydrogen-bond donors (Lipinski definition) is 2. The zero-order valence-corrected chi connectivity index (χ0v) is 15.1. The second kappa shape index (κ2) is 8.19. The third-order valence-electron chi connectivity index (χ3n) is 5.47. The maximum Gasteiger partial charge on any atom is 0.237 e. The van der Waals surface area contributed by atoms with Crippen molar-refractivity contribution in [2.45, 2.75) is 70.2 Å². The van der Waals surface area contributed by atoms with E-state index in [2.05, 4.69) is 4.90 Å². The first-order valence-corrected chi connectivity index (χ1v) is 9.56. The number of aliphatic hydroxyl groups excluding tert-OH is 1. The Kier molecular flexibility index (Phi) is 5.97. The van der Waals surface area contributed by atoms with Crippen LogP contribution in [-0.2, 0) is 11.3 Å². The number of phenols is 1. The highest BCUT2D eigenvalue weighted by Gasteiger charge is 2.33. The van der Waals surface area contributed by atoms with Crippen molar-refractivity contribution < 1.29 is 15.0 Å². The van der Waals surface area contributed by atoms with E-state index < -0.39 is 0 Å². The van der Waals surface area contributed by atoms with Crippen LogP contribution in [0.2, 0.25) is 0 Å². The molecule has 0 bridgehead atoms. The highest BCUT2D eigenvalue weighted by molar-refractivity contribution is 5.79. The molecular weight excluding hydrogens is 316 g/mol. The molecular formula is C20H30N2O3. The average Bonchev–Trinajstić information content (AvgIpc) is 3.41. The predicted octanol–water partition coefficient (Wildman–Crippen LogP) is 2.51. The fraction of sp³-hybridized carbons (Fsp3) is 0.650. The Bertz CT molecular complexity index is 580. The molecule has 1 aromatic rings. The van der Waals surface area contributed by atoms with Gasteiger partial charge in [0, 0.05) is 25.2 Å². The summed E-state index contributed by atoms with van der Waals surface area (Å²) in [5.41, 5.74) is 1.02. The normalized spacial score (nSPS) is 23.6. The molecule has 1 amide bonds. The number of aromatic hydroxyl groups is 1.